The number of aromatic nitrogens is 4. The van der Waals surface area contributed by atoms with Crippen LogP contribution < -0.4 is 11.1 Å². The maximum Gasteiger partial charge on any atom is 0.231 e. The number of fused-ring (bicyclic) bond motifs is 4. The molecule has 8 aromatic carbocycles. The van der Waals surface area contributed by atoms with E-state index in [2.05, 4.69) is 264 Å². The van der Waals surface area contributed by atoms with Gasteiger partial charge in [-0.1, -0.05) is 248 Å². The van der Waals surface area contributed by atoms with Gasteiger partial charge in [-0.15, -0.1) is 5.10 Å². The summed E-state index contributed by atoms with van der Waals surface area (Å²) in [7, 11) is 0. The summed E-state index contributed by atoms with van der Waals surface area (Å²) in [5, 5.41) is 14.8. The summed E-state index contributed by atoms with van der Waals surface area (Å²) in [5.74, 6) is 0.171. The number of nitrogens with zero attached hydrogens (tertiary/aromatic N) is 5. The zero-order chi connectivity index (χ0) is 51.4. The van der Waals surface area contributed by atoms with Gasteiger partial charge in [0.2, 0.25) is 5.91 Å². The monoisotopic (exact) mass is 994 g/mol. The van der Waals surface area contributed by atoms with E-state index in [0.717, 1.165) is 83.0 Å². The predicted molar refractivity (Wildman–Crippen MR) is 305 cm³/mol. The third-order valence-corrected chi connectivity index (χ3v) is 17.1. The third kappa shape index (κ3) is 8.66. The Kier molecular flexibility index (Phi) is 13.2. The molecule has 3 aliphatic carbocycles. The first kappa shape index (κ1) is 48.5. The zero-order valence-electron chi connectivity index (χ0n) is 42.8. The van der Waals surface area contributed by atoms with Crippen LogP contribution in [0, 0.1) is 0 Å². The van der Waals surface area contributed by atoms with Gasteiger partial charge in [-0.25, -0.2) is 9.67 Å². The van der Waals surface area contributed by atoms with Crippen molar-refractivity contribution in [2.45, 2.75) is 72.9 Å². The van der Waals surface area contributed by atoms with Crippen molar-refractivity contribution in [3.8, 4) is 0 Å². The van der Waals surface area contributed by atoms with Crippen LogP contribution in [0.25, 0.3) is 11.2 Å². The first-order valence-corrected chi connectivity index (χ1v) is 26.9. The van der Waals surface area contributed by atoms with Gasteiger partial charge in [0.25, 0.3) is 0 Å². The molecule has 3 saturated carbocycles. The Labute approximate surface area is 446 Å². The smallest absolute Gasteiger partial charge is 0.231 e. The molecule has 1 amide bonds. The molecule has 10 aromatic rings. The number of nitrogens with two attached hydrogens (primary N) is 1. The molecule has 2 heterocycles. The van der Waals surface area contributed by atoms with Gasteiger partial charge in [-0.2, -0.15) is 0 Å². The van der Waals surface area contributed by atoms with Gasteiger partial charge < -0.3 is 11.1 Å². The van der Waals surface area contributed by atoms with Crippen molar-refractivity contribution in [3.05, 3.63) is 299 Å². The molecule has 8 nitrogen and oxygen atoms in total. The molecule has 76 heavy (non-hydrogen) atoms. The Morgan fingerprint density at radius 3 is 1.39 bits per heavy atom. The van der Waals surface area contributed by atoms with Crippen molar-refractivity contribution in [2.75, 3.05) is 18.4 Å². The van der Waals surface area contributed by atoms with E-state index in [-0.39, 0.29) is 29.3 Å². The van der Waals surface area contributed by atoms with E-state index in [1.54, 1.807) is 0 Å². The molecule has 3 aliphatic rings. The van der Waals surface area contributed by atoms with E-state index in [9.17, 15) is 4.79 Å². The molecule has 0 radical (unpaired) electrons. The van der Waals surface area contributed by atoms with Gasteiger partial charge in [0.05, 0.1) is 6.54 Å². The summed E-state index contributed by atoms with van der Waals surface area (Å²) in [6.45, 7) is 0.863. The molecule has 0 spiro atoms. The fourth-order valence-corrected chi connectivity index (χ4v) is 13.4. The Morgan fingerprint density at radius 1 is 0.553 bits per heavy atom. The van der Waals surface area contributed by atoms with E-state index in [1.165, 1.54) is 5.56 Å². The highest BCUT2D eigenvalue weighted by molar-refractivity contribution is 5.80. The Hall–Kier alpha value is -8.46. The molecule has 2 aromatic heterocycles. The van der Waals surface area contributed by atoms with Crippen LogP contribution in [0.15, 0.2) is 249 Å². The van der Waals surface area contributed by atoms with Gasteiger partial charge >= 0.3 is 0 Å². The Bertz CT molecular complexity index is 3310. The normalized spacial score (nSPS) is 17.9. The lowest BCUT2D eigenvalue weighted by Crippen LogP contribution is -2.59. The van der Waals surface area contributed by atoms with Crippen LogP contribution in [-0.4, -0.2) is 49.4 Å². The minimum absolute atomic E-state index is 0.127. The van der Waals surface area contributed by atoms with E-state index in [4.69, 9.17) is 21.0 Å². The number of carbonyl (C=O) groups is 1. The van der Waals surface area contributed by atoms with E-state index >= 15 is 0 Å². The third-order valence-electron chi connectivity index (χ3n) is 17.1. The van der Waals surface area contributed by atoms with Crippen molar-refractivity contribution in [1.29, 1.82) is 0 Å². The molecular formula is C68H63N7O. The second-order valence-electron chi connectivity index (χ2n) is 21.1. The van der Waals surface area contributed by atoms with E-state index in [0.29, 0.717) is 29.9 Å². The molecule has 8 heteroatoms. The topological polar surface area (TPSA) is 102 Å². The summed E-state index contributed by atoms with van der Waals surface area (Å²) in [5.41, 5.74) is 15.5. The van der Waals surface area contributed by atoms with E-state index < -0.39 is 11.1 Å². The molecule has 0 unspecified atom stereocenters. The first-order valence-electron chi connectivity index (χ1n) is 26.9. The van der Waals surface area contributed by atoms with Crippen molar-refractivity contribution < 1.29 is 4.79 Å². The second-order valence-corrected chi connectivity index (χ2v) is 21.1. The lowest BCUT2D eigenvalue weighted by Gasteiger charge is -2.58. The van der Waals surface area contributed by atoms with Gasteiger partial charge in [0, 0.05) is 18.0 Å². The molecule has 3 N–H and O–H groups in total. The standard InChI is InChI=1S/C68H63N7O/c69-61(76)50-74(66-45-42-65(43-46-66,44-47-66)52-27-11-2-12-28-52)48-41-59(51-25-9-1-10-26-51)60-49-62(71-67(53-29-13-3-14-30-53,54-31-15-4-16-32-54)55-33-17-5-18-34-55)70-64-63(60)72-73-75(64)68(56-35-19-6-20-36-56,57-37-21-7-22-38-57)58-39-23-8-24-40-58/h1-40,49,59H,41-48,50H2,(H2,69,76)(H,70,71)/t59-,65?,66?/m1/s1. The van der Waals surface area contributed by atoms with Crippen molar-refractivity contribution in [2.24, 2.45) is 5.73 Å². The summed E-state index contributed by atoms with van der Waals surface area (Å²) >= 11 is 0. The van der Waals surface area contributed by atoms with Crippen molar-refractivity contribution in [1.82, 2.24) is 24.9 Å². The Balaban J connectivity index is 1.08. The molecular weight excluding hydrogens is 931 g/mol. The Morgan fingerprint density at radius 2 is 0.961 bits per heavy atom. The number of pyridine rings is 1. The lowest BCUT2D eigenvalue weighted by atomic mass is 9.54. The average Bonchev–Trinajstić information content (AvgIpc) is 4.06. The van der Waals surface area contributed by atoms with Crippen LogP contribution in [0.5, 0.6) is 0 Å². The highest BCUT2D eigenvalue weighted by atomic mass is 16.1. The molecule has 3 fully saturated rings. The first-order chi connectivity index (χ1) is 37.4. The number of anilines is 1. The number of hydrogen-bond acceptors (Lipinski definition) is 6. The number of hydrogen-bond donors (Lipinski definition) is 2. The maximum absolute atomic E-state index is 13.3. The summed E-state index contributed by atoms with van der Waals surface area (Å²) in [6.07, 6.45) is 7.04. The second kappa shape index (κ2) is 20.7. The van der Waals surface area contributed by atoms with Gasteiger partial charge in [-0.3, -0.25) is 9.69 Å². The van der Waals surface area contributed by atoms with Crippen molar-refractivity contribution in [3.63, 3.8) is 0 Å². The number of carbonyl (C=O) groups excluding carboxylic acids is 1. The van der Waals surface area contributed by atoms with Crippen LogP contribution in [-0.2, 0) is 21.3 Å². The van der Waals surface area contributed by atoms with Crippen LogP contribution in [0.4, 0.5) is 5.82 Å². The SMILES string of the molecule is NC(=O)CN(CC[C@H](c1ccccc1)c1cc(NC(c2ccccc2)(c2ccccc2)c2ccccc2)nc2c1nnn2C(c1ccccc1)(c1ccccc1)c1ccccc1)C12CCC(c3ccccc3)(CC1)CC2. The highest BCUT2D eigenvalue weighted by Gasteiger charge is 2.52. The van der Waals surface area contributed by atoms with Crippen LogP contribution in [0.3, 0.4) is 0 Å². The van der Waals surface area contributed by atoms with Crippen LogP contribution >= 0.6 is 0 Å². The highest BCUT2D eigenvalue weighted by Crippen LogP contribution is 2.56. The van der Waals surface area contributed by atoms with Gasteiger partial charge in [0.15, 0.2) is 5.65 Å². The molecule has 2 bridgehead atoms. The average molecular weight is 994 g/mol. The van der Waals surface area contributed by atoms with Crippen molar-refractivity contribution >= 4 is 22.9 Å². The minimum Gasteiger partial charge on any atom is -0.369 e. The molecule has 0 aliphatic heterocycles. The number of amides is 1. The maximum atomic E-state index is 13.3. The summed E-state index contributed by atoms with van der Waals surface area (Å²) in [4.78, 5) is 21.5. The zero-order valence-corrected chi connectivity index (χ0v) is 42.8. The van der Waals surface area contributed by atoms with Gasteiger partial charge in [0.1, 0.15) is 22.4 Å². The quantitative estimate of drug-likeness (QED) is 0.0831. The van der Waals surface area contributed by atoms with E-state index in [1.807, 2.05) is 0 Å². The largest absolute Gasteiger partial charge is 0.369 e. The fourth-order valence-electron chi connectivity index (χ4n) is 13.4. The summed E-state index contributed by atoms with van der Waals surface area (Å²) < 4.78 is 2.07. The molecule has 13 rings (SSSR count). The molecule has 376 valence electrons. The number of primary amides is 1. The predicted octanol–water partition coefficient (Wildman–Crippen LogP) is 13.4. The number of nitrogens with one attached hydrogen (secondary N) is 1. The fraction of sp³-hybridized carbons (Fsp3) is 0.206. The van der Waals surface area contributed by atoms with Crippen LogP contribution in [0.2, 0.25) is 0 Å². The minimum atomic E-state index is -1.01. The van der Waals surface area contributed by atoms with Gasteiger partial charge in [-0.05, 0) is 106 Å². The molecule has 1 atom stereocenters. The lowest BCUT2D eigenvalue weighted by molar-refractivity contribution is -0.123. The van der Waals surface area contributed by atoms with Crippen LogP contribution in [0.1, 0.15) is 101 Å². The number of rotatable bonds is 18. The number of benzene rings is 8. The molecule has 0 saturated heterocycles. The summed E-state index contributed by atoms with van der Waals surface area (Å²) in [6, 6.07) is 88.0.